The van der Waals surface area contributed by atoms with Crippen molar-refractivity contribution in [3.8, 4) is 0 Å². The van der Waals surface area contributed by atoms with Gasteiger partial charge in [0.15, 0.2) is 0 Å². The second-order valence-corrected chi connectivity index (χ2v) is 7.16. The van der Waals surface area contributed by atoms with E-state index in [-0.39, 0.29) is 23.0 Å². The van der Waals surface area contributed by atoms with E-state index >= 15 is 0 Å². The van der Waals surface area contributed by atoms with Gasteiger partial charge in [0.25, 0.3) is 5.91 Å². The molecule has 3 rings (SSSR count). The van der Waals surface area contributed by atoms with Gasteiger partial charge < -0.3 is 10.2 Å². The van der Waals surface area contributed by atoms with Gasteiger partial charge in [-0.05, 0) is 68.8 Å². The minimum absolute atomic E-state index is 0. The van der Waals surface area contributed by atoms with Gasteiger partial charge in [0.2, 0.25) is 0 Å². The van der Waals surface area contributed by atoms with Gasteiger partial charge in [0.05, 0.1) is 10.6 Å². The minimum Gasteiger partial charge on any atom is -0.322 e. The maximum atomic E-state index is 13.9. The Morgan fingerprint density at radius 1 is 1.22 bits per heavy atom. The van der Waals surface area contributed by atoms with E-state index in [9.17, 15) is 9.18 Å². The van der Waals surface area contributed by atoms with Gasteiger partial charge in [0, 0.05) is 11.7 Å². The Hall–Kier alpha value is -1.88. The Morgan fingerprint density at radius 3 is 2.59 bits per heavy atom. The summed E-state index contributed by atoms with van der Waals surface area (Å²) >= 11 is 5.97. The predicted octanol–water partition coefficient (Wildman–Crippen LogP) is 5.65. The quantitative estimate of drug-likeness (QED) is 0.708. The maximum absolute atomic E-state index is 13.9. The number of carbonyl (C=O) groups excluding carboxylic acids is 1. The number of halogens is 3. The molecule has 1 atom stereocenters. The average Bonchev–Trinajstić information content (AvgIpc) is 2.62. The Balaban J connectivity index is 0.00000261. The molecule has 0 aromatic heterocycles. The third kappa shape index (κ3) is 5.10. The van der Waals surface area contributed by atoms with Crippen LogP contribution in [-0.4, -0.2) is 30.9 Å². The van der Waals surface area contributed by atoms with Crippen LogP contribution in [0.3, 0.4) is 0 Å². The highest BCUT2D eigenvalue weighted by Crippen LogP contribution is 2.30. The Kier molecular flexibility index (Phi) is 7.42. The van der Waals surface area contributed by atoms with Crippen molar-refractivity contribution in [2.45, 2.75) is 25.3 Å². The van der Waals surface area contributed by atoms with Gasteiger partial charge in [-0.15, -0.1) is 12.4 Å². The van der Waals surface area contributed by atoms with Crippen LogP contribution in [0, 0.1) is 5.82 Å². The average molecular weight is 409 g/mol. The number of hydrogen-bond donors (Lipinski definition) is 1. The summed E-state index contributed by atoms with van der Waals surface area (Å²) in [7, 11) is 4.21. The standard InChI is InChI=1S/C21H22ClFN2O.ClH/c1-25(2)17-11-9-14(10-12-17)15-5-3-6-16(13-15)24-21(26)20-18(22)7-4-8-19(20)23;/h3-9,13,17H,10-12H2,1-2H3,(H,24,26);1H. The third-order valence-corrected chi connectivity index (χ3v) is 5.11. The number of nitrogens with zero attached hydrogens (tertiary/aromatic N) is 1. The first-order valence-corrected chi connectivity index (χ1v) is 9.05. The number of hydrogen-bond acceptors (Lipinski definition) is 2. The molecule has 3 nitrogen and oxygen atoms in total. The molecular weight excluding hydrogens is 386 g/mol. The maximum Gasteiger partial charge on any atom is 0.260 e. The summed E-state index contributed by atoms with van der Waals surface area (Å²) in [5.41, 5.74) is 2.86. The third-order valence-electron chi connectivity index (χ3n) is 4.79. The molecule has 0 bridgehead atoms. The number of benzene rings is 2. The van der Waals surface area contributed by atoms with Crippen LogP contribution >= 0.6 is 24.0 Å². The van der Waals surface area contributed by atoms with Crippen molar-refractivity contribution in [2.75, 3.05) is 19.4 Å². The van der Waals surface area contributed by atoms with Crippen LogP contribution in [0.5, 0.6) is 0 Å². The lowest BCUT2D eigenvalue weighted by molar-refractivity contribution is 0.102. The molecule has 1 amide bonds. The molecule has 2 aromatic carbocycles. The van der Waals surface area contributed by atoms with E-state index in [1.54, 1.807) is 6.07 Å². The van der Waals surface area contributed by atoms with E-state index in [1.165, 1.54) is 23.8 Å². The Labute approximate surface area is 170 Å². The van der Waals surface area contributed by atoms with E-state index in [4.69, 9.17) is 11.6 Å². The highest BCUT2D eigenvalue weighted by molar-refractivity contribution is 6.34. The largest absolute Gasteiger partial charge is 0.322 e. The summed E-state index contributed by atoms with van der Waals surface area (Å²) in [6.07, 6.45) is 5.40. The van der Waals surface area contributed by atoms with Gasteiger partial charge >= 0.3 is 0 Å². The van der Waals surface area contributed by atoms with Crippen molar-refractivity contribution >= 4 is 41.2 Å². The van der Waals surface area contributed by atoms with Gasteiger partial charge in [-0.3, -0.25) is 4.79 Å². The summed E-state index contributed by atoms with van der Waals surface area (Å²) in [5.74, 6) is -1.17. The molecule has 0 fully saturated rings. The smallest absolute Gasteiger partial charge is 0.260 e. The molecule has 1 N–H and O–H groups in total. The van der Waals surface area contributed by atoms with Crippen LogP contribution in [0.4, 0.5) is 10.1 Å². The zero-order valence-corrected chi connectivity index (χ0v) is 16.9. The number of carbonyl (C=O) groups is 1. The SMILES string of the molecule is CN(C)C1CC=C(c2cccc(NC(=O)c3c(F)cccc3Cl)c2)CC1.Cl. The second kappa shape index (κ2) is 9.36. The van der Waals surface area contributed by atoms with E-state index in [2.05, 4.69) is 30.4 Å². The van der Waals surface area contributed by atoms with Gasteiger partial charge in [-0.2, -0.15) is 0 Å². The number of nitrogens with one attached hydrogen (secondary N) is 1. The molecular formula is C21H23Cl2FN2O. The summed E-state index contributed by atoms with van der Waals surface area (Å²) in [6, 6.07) is 12.4. The number of allylic oxidation sites excluding steroid dienone is 1. The fraction of sp³-hybridized carbons (Fsp3) is 0.286. The molecule has 0 spiro atoms. The molecule has 27 heavy (non-hydrogen) atoms. The van der Waals surface area contributed by atoms with Crippen molar-refractivity contribution in [3.63, 3.8) is 0 Å². The first kappa shape index (κ1) is 21.4. The van der Waals surface area contributed by atoms with Crippen molar-refractivity contribution in [1.82, 2.24) is 4.90 Å². The number of amides is 1. The normalized spacial score (nSPS) is 16.5. The summed E-state index contributed by atoms with van der Waals surface area (Å²) < 4.78 is 13.9. The first-order chi connectivity index (χ1) is 12.5. The predicted molar refractivity (Wildman–Crippen MR) is 112 cm³/mol. The highest BCUT2D eigenvalue weighted by atomic mass is 35.5. The van der Waals surface area contributed by atoms with Crippen LogP contribution in [-0.2, 0) is 0 Å². The monoisotopic (exact) mass is 408 g/mol. The van der Waals surface area contributed by atoms with E-state index in [0.29, 0.717) is 11.7 Å². The fourth-order valence-corrected chi connectivity index (χ4v) is 3.51. The summed E-state index contributed by atoms with van der Waals surface area (Å²) in [5, 5.41) is 2.85. The van der Waals surface area contributed by atoms with Gasteiger partial charge in [-0.1, -0.05) is 35.9 Å². The van der Waals surface area contributed by atoms with Crippen LogP contribution in [0.1, 0.15) is 35.2 Å². The molecule has 0 saturated heterocycles. The van der Waals surface area contributed by atoms with Gasteiger partial charge in [-0.25, -0.2) is 4.39 Å². The van der Waals surface area contributed by atoms with Crippen molar-refractivity contribution in [1.29, 1.82) is 0 Å². The lowest BCUT2D eigenvalue weighted by atomic mass is 9.90. The zero-order chi connectivity index (χ0) is 18.7. The molecule has 144 valence electrons. The second-order valence-electron chi connectivity index (χ2n) is 6.75. The molecule has 0 saturated carbocycles. The Bertz CT molecular complexity index is 832. The molecule has 1 aliphatic carbocycles. The molecule has 0 aliphatic heterocycles. The van der Waals surface area contributed by atoms with Crippen LogP contribution < -0.4 is 5.32 Å². The minimum atomic E-state index is -0.629. The van der Waals surface area contributed by atoms with Crippen molar-refractivity contribution < 1.29 is 9.18 Å². The molecule has 2 aromatic rings. The van der Waals surface area contributed by atoms with Crippen LogP contribution in [0.2, 0.25) is 5.02 Å². The molecule has 1 aliphatic rings. The molecule has 1 unspecified atom stereocenters. The van der Waals surface area contributed by atoms with Crippen molar-refractivity contribution in [2.24, 2.45) is 0 Å². The van der Waals surface area contributed by atoms with E-state index in [0.717, 1.165) is 24.8 Å². The fourth-order valence-electron chi connectivity index (χ4n) is 3.26. The molecule has 0 radical (unpaired) electrons. The van der Waals surface area contributed by atoms with Gasteiger partial charge in [0.1, 0.15) is 5.82 Å². The first-order valence-electron chi connectivity index (χ1n) is 8.67. The Morgan fingerprint density at radius 2 is 1.96 bits per heavy atom. The topological polar surface area (TPSA) is 32.3 Å². The van der Waals surface area contributed by atoms with Crippen LogP contribution in [0.15, 0.2) is 48.5 Å². The lowest BCUT2D eigenvalue weighted by Gasteiger charge is -2.27. The molecule has 0 heterocycles. The van der Waals surface area contributed by atoms with Crippen molar-refractivity contribution in [3.05, 3.63) is 70.5 Å². The zero-order valence-electron chi connectivity index (χ0n) is 15.3. The number of rotatable bonds is 4. The summed E-state index contributed by atoms with van der Waals surface area (Å²) in [6.45, 7) is 0. The summed E-state index contributed by atoms with van der Waals surface area (Å²) in [4.78, 5) is 14.7. The van der Waals surface area contributed by atoms with Crippen LogP contribution in [0.25, 0.3) is 5.57 Å². The van der Waals surface area contributed by atoms with E-state index in [1.807, 2.05) is 18.2 Å². The highest BCUT2D eigenvalue weighted by Gasteiger charge is 2.18. The molecule has 6 heteroatoms. The van der Waals surface area contributed by atoms with E-state index < -0.39 is 11.7 Å². The number of anilines is 1. The lowest BCUT2D eigenvalue weighted by Crippen LogP contribution is -2.28.